The molecule has 18 heavy (non-hydrogen) atoms. The maximum absolute atomic E-state index is 3.65. The monoisotopic (exact) mass is 245 g/mol. The highest BCUT2D eigenvalue weighted by molar-refractivity contribution is 5.29. The summed E-state index contributed by atoms with van der Waals surface area (Å²) < 4.78 is 0. The van der Waals surface area contributed by atoms with Crippen LogP contribution in [0.2, 0.25) is 0 Å². The van der Waals surface area contributed by atoms with Crippen molar-refractivity contribution in [2.75, 3.05) is 6.54 Å². The molecule has 1 heteroatoms. The van der Waals surface area contributed by atoms with Gasteiger partial charge in [-0.05, 0) is 48.3 Å². The molecule has 1 aromatic rings. The van der Waals surface area contributed by atoms with Crippen LogP contribution in [-0.2, 0) is 0 Å². The fourth-order valence-corrected chi connectivity index (χ4v) is 2.95. The maximum Gasteiger partial charge on any atom is 0.0104 e. The lowest BCUT2D eigenvalue weighted by molar-refractivity contribution is 0.185. The van der Waals surface area contributed by atoms with Gasteiger partial charge in [-0.15, -0.1) is 0 Å². The zero-order valence-corrected chi connectivity index (χ0v) is 12.2. The Morgan fingerprint density at radius 2 is 1.89 bits per heavy atom. The SMILES string of the molecule is CCCNC1CC(c2ccc(C(C)C)cc2)C1C. The Labute approximate surface area is 112 Å². The summed E-state index contributed by atoms with van der Waals surface area (Å²) in [6.07, 6.45) is 2.54. The highest BCUT2D eigenvalue weighted by Crippen LogP contribution is 2.42. The van der Waals surface area contributed by atoms with Crippen LogP contribution in [0.3, 0.4) is 0 Å². The molecule has 1 aliphatic rings. The summed E-state index contributed by atoms with van der Waals surface area (Å²) >= 11 is 0. The van der Waals surface area contributed by atoms with Crippen LogP contribution in [0.4, 0.5) is 0 Å². The van der Waals surface area contributed by atoms with E-state index in [2.05, 4.69) is 57.3 Å². The highest BCUT2D eigenvalue weighted by atomic mass is 14.9. The van der Waals surface area contributed by atoms with E-state index >= 15 is 0 Å². The summed E-state index contributed by atoms with van der Waals surface area (Å²) in [5.74, 6) is 2.18. The van der Waals surface area contributed by atoms with E-state index in [0.717, 1.165) is 24.4 Å². The molecular formula is C17H27N. The van der Waals surface area contributed by atoms with E-state index in [0.29, 0.717) is 5.92 Å². The molecular weight excluding hydrogens is 218 g/mol. The highest BCUT2D eigenvalue weighted by Gasteiger charge is 2.37. The van der Waals surface area contributed by atoms with Crippen LogP contribution in [0.5, 0.6) is 0 Å². The zero-order valence-electron chi connectivity index (χ0n) is 12.2. The van der Waals surface area contributed by atoms with Crippen LogP contribution in [0.25, 0.3) is 0 Å². The Balaban J connectivity index is 1.94. The predicted molar refractivity (Wildman–Crippen MR) is 79.1 cm³/mol. The Morgan fingerprint density at radius 1 is 1.22 bits per heavy atom. The van der Waals surface area contributed by atoms with Crippen molar-refractivity contribution in [2.24, 2.45) is 5.92 Å². The van der Waals surface area contributed by atoms with E-state index in [1.54, 1.807) is 0 Å². The second kappa shape index (κ2) is 5.88. The molecule has 2 rings (SSSR count). The number of rotatable bonds is 5. The third kappa shape index (κ3) is 2.77. The molecule has 0 heterocycles. The van der Waals surface area contributed by atoms with Crippen LogP contribution < -0.4 is 5.32 Å². The van der Waals surface area contributed by atoms with Gasteiger partial charge in [0.2, 0.25) is 0 Å². The molecule has 0 bridgehead atoms. The smallest absolute Gasteiger partial charge is 0.0104 e. The number of hydrogen-bond acceptors (Lipinski definition) is 1. The molecule has 0 radical (unpaired) electrons. The van der Waals surface area contributed by atoms with E-state index in [1.807, 2.05) is 0 Å². The van der Waals surface area contributed by atoms with Gasteiger partial charge in [-0.3, -0.25) is 0 Å². The predicted octanol–water partition coefficient (Wildman–Crippen LogP) is 4.30. The average Bonchev–Trinajstić information content (AvgIpc) is 2.37. The van der Waals surface area contributed by atoms with Crippen molar-refractivity contribution < 1.29 is 0 Å². The molecule has 0 spiro atoms. The van der Waals surface area contributed by atoms with E-state index in [1.165, 1.54) is 24.0 Å². The molecule has 1 saturated carbocycles. The molecule has 0 aromatic heterocycles. The molecule has 3 atom stereocenters. The van der Waals surface area contributed by atoms with Crippen LogP contribution in [-0.4, -0.2) is 12.6 Å². The van der Waals surface area contributed by atoms with E-state index in [-0.39, 0.29) is 0 Å². The van der Waals surface area contributed by atoms with Gasteiger partial charge < -0.3 is 5.32 Å². The number of hydrogen-bond donors (Lipinski definition) is 1. The first-order chi connectivity index (χ1) is 8.63. The Bertz CT molecular complexity index is 366. The molecule has 100 valence electrons. The topological polar surface area (TPSA) is 12.0 Å². The van der Waals surface area contributed by atoms with Crippen LogP contribution >= 0.6 is 0 Å². The van der Waals surface area contributed by atoms with Gasteiger partial charge in [-0.2, -0.15) is 0 Å². The zero-order chi connectivity index (χ0) is 13.1. The van der Waals surface area contributed by atoms with E-state index < -0.39 is 0 Å². The van der Waals surface area contributed by atoms with Crippen LogP contribution in [0.1, 0.15) is 63.5 Å². The van der Waals surface area contributed by atoms with Gasteiger partial charge in [0, 0.05) is 6.04 Å². The fourth-order valence-electron chi connectivity index (χ4n) is 2.95. The van der Waals surface area contributed by atoms with Crippen molar-refractivity contribution >= 4 is 0 Å². The lowest BCUT2D eigenvalue weighted by Crippen LogP contribution is -2.48. The van der Waals surface area contributed by atoms with Crippen LogP contribution in [0, 0.1) is 5.92 Å². The maximum atomic E-state index is 3.65. The van der Waals surface area contributed by atoms with Crippen LogP contribution in [0.15, 0.2) is 24.3 Å². The van der Waals surface area contributed by atoms with Crippen molar-refractivity contribution in [1.29, 1.82) is 0 Å². The lowest BCUT2D eigenvalue weighted by atomic mass is 9.67. The van der Waals surface area contributed by atoms with Gasteiger partial charge >= 0.3 is 0 Å². The van der Waals surface area contributed by atoms with E-state index in [9.17, 15) is 0 Å². The summed E-state index contributed by atoms with van der Waals surface area (Å²) in [4.78, 5) is 0. The fraction of sp³-hybridized carbons (Fsp3) is 0.647. The molecule has 0 saturated heterocycles. The lowest BCUT2D eigenvalue weighted by Gasteiger charge is -2.44. The minimum atomic E-state index is 0.636. The molecule has 0 aliphatic heterocycles. The molecule has 0 amide bonds. The van der Waals surface area contributed by atoms with Gasteiger partial charge in [0.05, 0.1) is 0 Å². The molecule has 1 aliphatic carbocycles. The molecule has 3 unspecified atom stereocenters. The second-order valence-electron chi connectivity index (χ2n) is 6.08. The minimum absolute atomic E-state index is 0.636. The van der Waals surface area contributed by atoms with Gasteiger partial charge in [0.25, 0.3) is 0 Å². The van der Waals surface area contributed by atoms with E-state index in [4.69, 9.17) is 0 Å². The molecule has 1 nitrogen and oxygen atoms in total. The average molecular weight is 245 g/mol. The molecule has 1 aromatic carbocycles. The summed E-state index contributed by atoms with van der Waals surface area (Å²) in [5, 5.41) is 3.65. The summed E-state index contributed by atoms with van der Waals surface area (Å²) in [5.41, 5.74) is 2.98. The normalized spacial score (nSPS) is 27.3. The number of nitrogens with one attached hydrogen (secondary N) is 1. The summed E-state index contributed by atoms with van der Waals surface area (Å²) in [6, 6.07) is 10.0. The van der Waals surface area contributed by atoms with Crippen molar-refractivity contribution in [2.45, 2.75) is 58.4 Å². The minimum Gasteiger partial charge on any atom is -0.314 e. The third-order valence-corrected chi connectivity index (χ3v) is 4.47. The first-order valence-corrected chi connectivity index (χ1v) is 7.46. The second-order valence-corrected chi connectivity index (χ2v) is 6.08. The third-order valence-electron chi connectivity index (χ3n) is 4.47. The van der Waals surface area contributed by atoms with Gasteiger partial charge in [0.1, 0.15) is 0 Å². The van der Waals surface area contributed by atoms with Gasteiger partial charge in [-0.1, -0.05) is 52.0 Å². The van der Waals surface area contributed by atoms with Crippen molar-refractivity contribution in [3.63, 3.8) is 0 Å². The van der Waals surface area contributed by atoms with Gasteiger partial charge in [0.15, 0.2) is 0 Å². The Kier molecular flexibility index (Phi) is 4.45. The Morgan fingerprint density at radius 3 is 2.39 bits per heavy atom. The van der Waals surface area contributed by atoms with Crippen molar-refractivity contribution in [3.8, 4) is 0 Å². The molecule has 1 fully saturated rings. The van der Waals surface area contributed by atoms with Crippen molar-refractivity contribution in [3.05, 3.63) is 35.4 Å². The molecule has 1 N–H and O–H groups in total. The first kappa shape index (κ1) is 13.6. The first-order valence-electron chi connectivity index (χ1n) is 7.46. The Hall–Kier alpha value is -0.820. The van der Waals surface area contributed by atoms with Gasteiger partial charge in [-0.25, -0.2) is 0 Å². The quantitative estimate of drug-likeness (QED) is 0.815. The van der Waals surface area contributed by atoms with Crippen molar-refractivity contribution in [1.82, 2.24) is 5.32 Å². The number of benzene rings is 1. The standard InChI is InChI=1S/C17H27N/c1-5-10-18-17-11-16(13(17)4)15-8-6-14(7-9-15)12(2)3/h6-9,12-13,16-18H,5,10-11H2,1-4H3. The largest absolute Gasteiger partial charge is 0.314 e. The summed E-state index contributed by atoms with van der Waals surface area (Å²) in [6.45, 7) is 10.3. The summed E-state index contributed by atoms with van der Waals surface area (Å²) in [7, 11) is 0.